The van der Waals surface area contributed by atoms with Crippen LogP contribution < -0.4 is 10.1 Å². The number of methoxy groups -OCH3 is 1. The second kappa shape index (κ2) is 5.21. The van der Waals surface area contributed by atoms with E-state index in [0.29, 0.717) is 24.5 Å². The molecule has 5 heteroatoms. The van der Waals surface area contributed by atoms with E-state index in [1.165, 1.54) is 0 Å². The van der Waals surface area contributed by atoms with Crippen LogP contribution in [0.1, 0.15) is 15.9 Å². The standard InChI is InChI=1S/C15H15N3O2/c1-20-12-6-4-11(5-7-12)9-18-10-13-14(19)3-2-8-16-15(13)17-18/h2-7,10H,8-9H2,1H3,(H,16,17). The van der Waals surface area contributed by atoms with E-state index in [9.17, 15) is 4.79 Å². The molecule has 102 valence electrons. The lowest BCUT2D eigenvalue weighted by molar-refractivity contribution is 0.104. The molecule has 0 unspecified atom stereocenters. The highest BCUT2D eigenvalue weighted by Crippen LogP contribution is 2.18. The number of carbonyl (C=O) groups is 1. The number of hydrogen-bond acceptors (Lipinski definition) is 4. The number of anilines is 1. The number of nitrogens with one attached hydrogen (secondary N) is 1. The van der Waals surface area contributed by atoms with Gasteiger partial charge in [-0.2, -0.15) is 5.10 Å². The minimum Gasteiger partial charge on any atom is -0.497 e. The fraction of sp³-hybridized carbons (Fsp3) is 0.200. The number of fused-ring (bicyclic) bond motifs is 1. The molecule has 20 heavy (non-hydrogen) atoms. The number of aromatic nitrogens is 2. The van der Waals surface area contributed by atoms with E-state index >= 15 is 0 Å². The molecule has 0 amide bonds. The first-order valence-electron chi connectivity index (χ1n) is 6.41. The molecule has 1 aliphatic heterocycles. The Kier molecular flexibility index (Phi) is 3.25. The SMILES string of the molecule is COc1ccc(Cn2cc3c(n2)NCC=CC3=O)cc1. The lowest BCUT2D eigenvalue weighted by atomic mass is 10.2. The van der Waals surface area contributed by atoms with Gasteiger partial charge >= 0.3 is 0 Å². The topological polar surface area (TPSA) is 56.1 Å². The number of hydrogen-bond donors (Lipinski definition) is 1. The molecular weight excluding hydrogens is 254 g/mol. The molecule has 1 N–H and O–H groups in total. The van der Waals surface area contributed by atoms with Gasteiger partial charge in [0.1, 0.15) is 5.75 Å². The minimum atomic E-state index is -0.00835. The van der Waals surface area contributed by atoms with E-state index in [0.717, 1.165) is 11.3 Å². The van der Waals surface area contributed by atoms with Crippen molar-refractivity contribution >= 4 is 11.6 Å². The van der Waals surface area contributed by atoms with Gasteiger partial charge in [0.15, 0.2) is 11.6 Å². The molecule has 0 bridgehead atoms. The van der Waals surface area contributed by atoms with Crippen molar-refractivity contribution in [2.75, 3.05) is 19.0 Å². The molecule has 5 nitrogen and oxygen atoms in total. The van der Waals surface area contributed by atoms with Gasteiger partial charge in [0, 0.05) is 12.7 Å². The Balaban J connectivity index is 1.83. The lowest BCUT2D eigenvalue weighted by Gasteiger charge is -2.04. The fourth-order valence-corrected chi connectivity index (χ4v) is 2.14. The highest BCUT2D eigenvalue weighted by molar-refractivity contribution is 6.08. The van der Waals surface area contributed by atoms with E-state index in [-0.39, 0.29) is 5.78 Å². The lowest BCUT2D eigenvalue weighted by Crippen LogP contribution is -2.03. The van der Waals surface area contributed by atoms with Crippen molar-refractivity contribution in [2.45, 2.75) is 6.54 Å². The number of nitrogens with zero attached hydrogens (tertiary/aromatic N) is 2. The summed E-state index contributed by atoms with van der Waals surface area (Å²) in [6.07, 6.45) is 5.17. The van der Waals surface area contributed by atoms with Crippen LogP contribution in [-0.4, -0.2) is 29.2 Å². The molecular formula is C15H15N3O2. The first-order chi connectivity index (χ1) is 9.76. The van der Waals surface area contributed by atoms with Crippen molar-refractivity contribution in [2.24, 2.45) is 0 Å². The van der Waals surface area contributed by atoms with Crippen LogP contribution >= 0.6 is 0 Å². The molecule has 2 heterocycles. The van der Waals surface area contributed by atoms with Crippen LogP contribution in [0.3, 0.4) is 0 Å². The van der Waals surface area contributed by atoms with Gasteiger partial charge in [-0.15, -0.1) is 0 Å². The number of allylic oxidation sites excluding steroid dienone is 1. The summed E-state index contributed by atoms with van der Waals surface area (Å²) in [4.78, 5) is 11.9. The van der Waals surface area contributed by atoms with Gasteiger partial charge in [0.05, 0.1) is 19.2 Å². The van der Waals surface area contributed by atoms with Crippen molar-refractivity contribution in [1.29, 1.82) is 0 Å². The zero-order valence-corrected chi connectivity index (χ0v) is 11.2. The third-order valence-corrected chi connectivity index (χ3v) is 3.19. The van der Waals surface area contributed by atoms with E-state index in [4.69, 9.17) is 4.74 Å². The Bertz CT molecular complexity index is 656. The van der Waals surface area contributed by atoms with Crippen molar-refractivity contribution in [1.82, 2.24) is 9.78 Å². The monoisotopic (exact) mass is 269 g/mol. The third-order valence-electron chi connectivity index (χ3n) is 3.19. The third kappa shape index (κ3) is 2.42. The summed E-state index contributed by atoms with van der Waals surface area (Å²) in [7, 11) is 1.64. The second-order valence-corrected chi connectivity index (χ2v) is 4.58. The van der Waals surface area contributed by atoms with Gasteiger partial charge < -0.3 is 10.1 Å². The van der Waals surface area contributed by atoms with Gasteiger partial charge in [-0.25, -0.2) is 0 Å². The van der Waals surface area contributed by atoms with Crippen LogP contribution in [0.2, 0.25) is 0 Å². The summed E-state index contributed by atoms with van der Waals surface area (Å²) in [6, 6.07) is 7.80. The van der Waals surface area contributed by atoms with Crippen LogP contribution in [0.25, 0.3) is 0 Å². The van der Waals surface area contributed by atoms with Gasteiger partial charge in [-0.1, -0.05) is 18.2 Å². The van der Waals surface area contributed by atoms with Crippen molar-refractivity contribution in [3.05, 3.63) is 53.7 Å². The van der Waals surface area contributed by atoms with Crippen LogP contribution in [0.4, 0.5) is 5.82 Å². The van der Waals surface area contributed by atoms with Gasteiger partial charge in [-0.05, 0) is 23.8 Å². The molecule has 3 rings (SSSR count). The quantitative estimate of drug-likeness (QED) is 0.927. The molecule has 1 aromatic heterocycles. The summed E-state index contributed by atoms with van der Waals surface area (Å²) >= 11 is 0. The first kappa shape index (κ1) is 12.5. The molecule has 0 atom stereocenters. The zero-order chi connectivity index (χ0) is 13.9. The summed E-state index contributed by atoms with van der Waals surface area (Å²) in [5.74, 6) is 1.46. The molecule has 2 aromatic rings. The number of ether oxygens (including phenoxy) is 1. The van der Waals surface area contributed by atoms with Crippen molar-refractivity contribution in [3.8, 4) is 5.75 Å². The molecule has 0 spiro atoms. The summed E-state index contributed by atoms with van der Waals surface area (Å²) in [5.41, 5.74) is 1.72. The Morgan fingerprint density at radius 3 is 2.90 bits per heavy atom. The highest BCUT2D eigenvalue weighted by atomic mass is 16.5. The molecule has 0 saturated carbocycles. The molecule has 0 aliphatic carbocycles. The number of ketones is 1. The normalized spacial score (nSPS) is 13.6. The van der Waals surface area contributed by atoms with Crippen LogP contribution in [0.15, 0.2) is 42.6 Å². The number of benzene rings is 1. The smallest absolute Gasteiger partial charge is 0.190 e. The maximum absolute atomic E-state index is 11.9. The summed E-state index contributed by atoms with van der Waals surface area (Å²) in [6.45, 7) is 1.24. The van der Waals surface area contributed by atoms with E-state index in [1.807, 2.05) is 24.3 Å². The van der Waals surface area contributed by atoms with E-state index in [2.05, 4.69) is 10.4 Å². The molecule has 1 aliphatic rings. The van der Waals surface area contributed by atoms with Crippen LogP contribution in [-0.2, 0) is 6.54 Å². The molecule has 1 aromatic carbocycles. The maximum Gasteiger partial charge on any atom is 0.190 e. The fourth-order valence-electron chi connectivity index (χ4n) is 2.14. The zero-order valence-electron chi connectivity index (χ0n) is 11.2. The van der Waals surface area contributed by atoms with Crippen LogP contribution in [0, 0.1) is 0 Å². The molecule has 0 fully saturated rings. The molecule has 0 saturated heterocycles. The average Bonchev–Trinajstić information content (AvgIpc) is 2.79. The number of rotatable bonds is 3. The maximum atomic E-state index is 11.9. The first-order valence-corrected chi connectivity index (χ1v) is 6.41. The number of carbonyl (C=O) groups excluding carboxylic acids is 1. The highest BCUT2D eigenvalue weighted by Gasteiger charge is 2.16. The predicted molar refractivity (Wildman–Crippen MR) is 76.3 cm³/mol. The summed E-state index contributed by atoms with van der Waals surface area (Å²) < 4.78 is 6.90. The second-order valence-electron chi connectivity index (χ2n) is 4.58. The Labute approximate surface area is 116 Å². The van der Waals surface area contributed by atoms with E-state index in [1.54, 1.807) is 30.1 Å². The minimum absolute atomic E-state index is 0.00835. The van der Waals surface area contributed by atoms with Gasteiger partial charge in [0.25, 0.3) is 0 Å². The molecule has 0 radical (unpaired) electrons. The van der Waals surface area contributed by atoms with Gasteiger partial charge in [0.2, 0.25) is 0 Å². The summed E-state index contributed by atoms with van der Waals surface area (Å²) in [5, 5.41) is 7.53. The predicted octanol–water partition coefficient (Wildman–Crippen LogP) is 2.10. The van der Waals surface area contributed by atoms with Crippen molar-refractivity contribution in [3.63, 3.8) is 0 Å². The Morgan fingerprint density at radius 1 is 1.35 bits per heavy atom. The van der Waals surface area contributed by atoms with Crippen molar-refractivity contribution < 1.29 is 9.53 Å². The van der Waals surface area contributed by atoms with E-state index < -0.39 is 0 Å². The van der Waals surface area contributed by atoms with Crippen LogP contribution in [0.5, 0.6) is 5.75 Å². The Morgan fingerprint density at radius 2 is 2.15 bits per heavy atom. The average molecular weight is 269 g/mol. The Hall–Kier alpha value is -2.56. The van der Waals surface area contributed by atoms with Gasteiger partial charge in [-0.3, -0.25) is 9.48 Å². The largest absolute Gasteiger partial charge is 0.497 e.